The number of thiophene rings is 1. The van der Waals surface area contributed by atoms with Crippen LogP contribution in [0.3, 0.4) is 0 Å². The molecule has 1 aliphatic rings. The first-order valence-electron chi connectivity index (χ1n) is 5.35. The standard InChI is InChI=1S/C11H13N3OS/c12-11-9(8-4-2-6-16-8)10(13-14-11)7-3-1-5-15-7/h2,4,6-7H,1,3,5H2,(H3,12,13,14). The molecular weight excluding hydrogens is 222 g/mol. The van der Waals surface area contributed by atoms with E-state index in [0.717, 1.165) is 35.6 Å². The van der Waals surface area contributed by atoms with Gasteiger partial charge in [0.1, 0.15) is 0 Å². The van der Waals surface area contributed by atoms with Gasteiger partial charge in [-0.15, -0.1) is 11.3 Å². The van der Waals surface area contributed by atoms with Crippen LogP contribution in [0.2, 0.25) is 0 Å². The third-order valence-electron chi connectivity index (χ3n) is 2.84. The Bertz CT molecular complexity index is 471. The Morgan fingerprint density at radius 1 is 1.56 bits per heavy atom. The van der Waals surface area contributed by atoms with Crippen molar-refractivity contribution in [1.82, 2.24) is 10.2 Å². The van der Waals surface area contributed by atoms with Crippen LogP contribution in [0.15, 0.2) is 17.5 Å². The summed E-state index contributed by atoms with van der Waals surface area (Å²) in [6, 6.07) is 4.08. The summed E-state index contributed by atoms with van der Waals surface area (Å²) in [5, 5.41) is 9.15. The van der Waals surface area contributed by atoms with E-state index in [-0.39, 0.29) is 6.10 Å². The van der Waals surface area contributed by atoms with Crippen molar-refractivity contribution in [3.05, 3.63) is 23.2 Å². The van der Waals surface area contributed by atoms with Gasteiger partial charge in [-0.3, -0.25) is 5.10 Å². The van der Waals surface area contributed by atoms with Crippen LogP contribution >= 0.6 is 11.3 Å². The van der Waals surface area contributed by atoms with Gasteiger partial charge in [0, 0.05) is 11.5 Å². The van der Waals surface area contributed by atoms with E-state index in [4.69, 9.17) is 10.5 Å². The molecule has 0 amide bonds. The van der Waals surface area contributed by atoms with Crippen molar-refractivity contribution in [2.45, 2.75) is 18.9 Å². The van der Waals surface area contributed by atoms with Crippen molar-refractivity contribution in [2.75, 3.05) is 12.3 Å². The minimum absolute atomic E-state index is 0.127. The summed E-state index contributed by atoms with van der Waals surface area (Å²) >= 11 is 1.67. The van der Waals surface area contributed by atoms with Gasteiger partial charge in [0.05, 0.1) is 17.4 Å². The number of anilines is 1. The number of rotatable bonds is 2. The van der Waals surface area contributed by atoms with Crippen LogP contribution in [0.5, 0.6) is 0 Å². The zero-order chi connectivity index (χ0) is 11.0. The Morgan fingerprint density at radius 2 is 2.50 bits per heavy atom. The lowest BCUT2D eigenvalue weighted by atomic mass is 10.1. The van der Waals surface area contributed by atoms with E-state index in [2.05, 4.69) is 16.3 Å². The molecule has 1 aliphatic heterocycles. The molecule has 1 unspecified atom stereocenters. The van der Waals surface area contributed by atoms with Gasteiger partial charge in [0.25, 0.3) is 0 Å². The number of ether oxygens (including phenoxy) is 1. The monoisotopic (exact) mass is 235 g/mol. The first-order valence-corrected chi connectivity index (χ1v) is 6.23. The van der Waals surface area contributed by atoms with Crippen LogP contribution in [0, 0.1) is 0 Å². The number of aromatic amines is 1. The first-order chi connectivity index (χ1) is 7.86. The van der Waals surface area contributed by atoms with Crippen LogP contribution in [0.4, 0.5) is 5.82 Å². The maximum atomic E-state index is 5.91. The van der Waals surface area contributed by atoms with Crippen molar-refractivity contribution >= 4 is 17.2 Å². The summed E-state index contributed by atoms with van der Waals surface area (Å²) < 4.78 is 5.67. The summed E-state index contributed by atoms with van der Waals surface area (Å²) in [7, 11) is 0. The maximum Gasteiger partial charge on any atom is 0.154 e. The largest absolute Gasteiger partial charge is 0.382 e. The number of nitrogens with zero attached hydrogens (tertiary/aromatic N) is 1. The van der Waals surface area contributed by atoms with E-state index in [1.165, 1.54) is 0 Å². The molecule has 3 rings (SSSR count). The summed E-state index contributed by atoms with van der Waals surface area (Å²) in [5.41, 5.74) is 7.95. The van der Waals surface area contributed by atoms with Gasteiger partial charge in [0.2, 0.25) is 0 Å². The zero-order valence-electron chi connectivity index (χ0n) is 8.77. The molecule has 2 aromatic heterocycles. The van der Waals surface area contributed by atoms with Crippen LogP contribution in [0.1, 0.15) is 24.6 Å². The van der Waals surface area contributed by atoms with Gasteiger partial charge < -0.3 is 10.5 Å². The quantitative estimate of drug-likeness (QED) is 0.840. The van der Waals surface area contributed by atoms with Crippen molar-refractivity contribution < 1.29 is 4.74 Å². The van der Waals surface area contributed by atoms with Crippen molar-refractivity contribution in [1.29, 1.82) is 0 Å². The molecule has 0 spiro atoms. The molecule has 4 nitrogen and oxygen atoms in total. The van der Waals surface area contributed by atoms with Gasteiger partial charge >= 0.3 is 0 Å². The van der Waals surface area contributed by atoms with Gasteiger partial charge in [-0.05, 0) is 24.3 Å². The number of hydrogen-bond acceptors (Lipinski definition) is 4. The smallest absolute Gasteiger partial charge is 0.154 e. The van der Waals surface area contributed by atoms with E-state index < -0.39 is 0 Å². The molecule has 5 heteroatoms. The highest BCUT2D eigenvalue weighted by Gasteiger charge is 2.25. The average molecular weight is 235 g/mol. The number of hydrogen-bond donors (Lipinski definition) is 2. The minimum Gasteiger partial charge on any atom is -0.382 e. The number of aromatic nitrogens is 2. The lowest BCUT2D eigenvalue weighted by molar-refractivity contribution is 0.109. The predicted molar refractivity (Wildman–Crippen MR) is 64.2 cm³/mol. The van der Waals surface area contributed by atoms with Gasteiger partial charge in [-0.25, -0.2) is 0 Å². The van der Waals surface area contributed by atoms with Gasteiger partial charge in [0.15, 0.2) is 5.82 Å². The third-order valence-corrected chi connectivity index (χ3v) is 3.73. The second-order valence-electron chi connectivity index (χ2n) is 3.88. The molecular formula is C11H13N3OS. The molecule has 16 heavy (non-hydrogen) atoms. The molecule has 0 aliphatic carbocycles. The van der Waals surface area contributed by atoms with Crippen LogP contribution in [0.25, 0.3) is 10.4 Å². The highest BCUT2D eigenvalue weighted by atomic mass is 32.1. The molecule has 1 atom stereocenters. The molecule has 3 heterocycles. The lowest BCUT2D eigenvalue weighted by Crippen LogP contribution is -1.98. The van der Waals surface area contributed by atoms with Gasteiger partial charge in [-0.1, -0.05) is 6.07 Å². The average Bonchev–Trinajstić information content (AvgIpc) is 2.96. The first kappa shape index (κ1) is 9.86. The maximum absolute atomic E-state index is 5.91. The highest BCUT2D eigenvalue weighted by molar-refractivity contribution is 7.13. The molecule has 0 aromatic carbocycles. The minimum atomic E-state index is 0.127. The molecule has 84 valence electrons. The topological polar surface area (TPSA) is 63.9 Å². The molecule has 1 fully saturated rings. The summed E-state index contributed by atoms with van der Waals surface area (Å²) in [5.74, 6) is 0.563. The van der Waals surface area contributed by atoms with Crippen LogP contribution < -0.4 is 5.73 Å². The molecule has 0 saturated carbocycles. The lowest BCUT2D eigenvalue weighted by Gasteiger charge is -2.08. The Balaban J connectivity index is 2.05. The fourth-order valence-corrected chi connectivity index (χ4v) is 2.88. The fourth-order valence-electron chi connectivity index (χ4n) is 2.09. The molecule has 3 N–H and O–H groups in total. The fraction of sp³-hybridized carbons (Fsp3) is 0.364. The van der Waals surface area contributed by atoms with E-state index in [1.54, 1.807) is 11.3 Å². The summed E-state index contributed by atoms with van der Waals surface area (Å²) in [6.45, 7) is 0.827. The van der Waals surface area contributed by atoms with E-state index >= 15 is 0 Å². The van der Waals surface area contributed by atoms with E-state index in [0.29, 0.717) is 5.82 Å². The summed E-state index contributed by atoms with van der Waals surface area (Å²) in [6.07, 6.45) is 2.27. The molecule has 0 radical (unpaired) electrons. The third kappa shape index (κ3) is 1.52. The Morgan fingerprint density at radius 3 is 3.19 bits per heavy atom. The van der Waals surface area contributed by atoms with Crippen LogP contribution in [-0.2, 0) is 4.74 Å². The molecule has 0 bridgehead atoms. The van der Waals surface area contributed by atoms with Crippen molar-refractivity contribution in [3.8, 4) is 10.4 Å². The number of H-pyrrole nitrogens is 1. The normalized spacial score (nSPS) is 20.4. The predicted octanol–water partition coefficient (Wildman–Crippen LogP) is 2.57. The number of nitrogens with two attached hydrogens (primary N) is 1. The molecule has 1 saturated heterocycles. The summed E-state index contributed by atoms with van der Waals surface area (Å²) in [4.78, 5) is 1.15. The number of nitrogens with one attached hydrogen (secondary N) is 1. The Kier molecular flexibility index (Phi) is 2.41. The molecule has 2 aromatic rings. The second-order valence-corrected chi connectivity index (χ2v) is 4.82. The van der Waals surface area contributed by atoms with Crippen molar-refractivity contribution in [2.24, 2.45) is 0 Å². The van der Waals surface area contributed by atoms with Crippen molar-refractivity contribution in [3.63, 3.8) is 0 Å². The van der Waals surface area contributed by atoms with E-state index in [1.807, 2.05) is 11.4 Å². The zero-order valence-corrected chi connectivity index (χ0v) is 9.59. The van der Waals surface area contributed by atoms with Gasteiger partial charge in [-0.2, -0.15) is 5.10 Å². The Hall–Kier alpha value is -1.33. The Labute approximate surface area is 97.4 Å². The SMILES string of the molecule is Nc1n[nH]c(C2CCCO2)c1-c1cccs1. The van der Waals surface area contributed by atoms with E-state index in [9.17, 15) is 0 Å². The number of nitrogen functional groups attached to an aromatic ring is 1. The second kappa shape index (κ2) is 3.92. The highest BCUT2D eigenvalue weighted by Crippen LogP contribution is 2.38. The van der Waals surface area contributed by atoms with Crippen LogP contribution in [-0.4, -0.2) is 16.8 Å².